The lowest BCUT2D eigenvalue weighted by atomic mass is 10.0. The van der Waals surface area contributed by atoms with E-state index in [0.717, 1.165) is 10.9 Å². The van der Waals surface area contributed by atoms with Crippen LogP contribution in [0.5, 0.6) is 5.75 Å². The van der Waals surface area contributed by atoms with E-state index >= 15 is 0 Å². The summed E-state index contributed by atoms with van der Waals surface area (Å²) < 4.78 is 6.97. The van der Waals surface area contributed by atoms with Crippen LogP contribution >= 0.6 is 11.6 Å². The van der Waals surface area contributed by atoms with E-state index in [2.05, 4.69) is 0 Å². The zero-order valence-electron chi connectivity index (χ0n) is 15.0. The number of benzene rings is 2. The number of halogens is 1. The first-order chi connectivity index (χ1) is 13.5. The number of carbonyl (C=O) groups excluding carboxylic acids is 2. The number of phenolic OH excluding ortho intramolecular Hbond substituents is 1. The first kappa shape index (κ1) is 18.1. The molecule has 6 heteroatoms. The Morgan fingerprint density at radius 2 is 1.82 bits per heavy atom. The minimum Gasteiger partial charge on any atom is -0.507 e. The van der Waals surface area contributed by atoms with Gasteiger partial charge in [-0.2, -0.15) is 0 Å². The number of hydrogen-bond donors (Lipinski definition) is 1. The smallest absolute Gasteiger partial charge is 0.340 e. The second-order valence-corrected chi connectivity index (χ2v) is 6.75. The average Bonchev–Trinajstić information content (AvgIpc) is 3.07. The number of fused-ring (bicyclic) bond motifs is 3. The van der Waals surface area contributed by atoms with Crippen molar-refractivity contribution in [3.63, 3.8) is 0 Å². The van der Waals surface area contributed by atoms with E-state index < -0.39 is 11.8 Å². The number of esters is 1. The average molecular weight is 394 g/mol. The van der Waals surface area contributed by atoms with Gasteiger partial charge in [0.05, 0.1) is 28.8 Å². The van der Waals surface area contributed by atoms with Crippen molar-refractivity contribution in [3.05, 3.63) is 82.5 Å². The maximum atomic E-state index is 13.1. The van der Waals surface area contributed by atoms with Crippen LogP contribution in [0.15, 0.2) is 60.8 Å². The molecule has 0 bridgehead atoms. The SMILES string of the molecule is CCOC(=O)c1cc(C(=O)c2cc(Cl)ccc2O)cn2c1cc1ccccc12. The van der Waals surface area contributed by atoms with Gasteiger partial charge in [0, 0.05) is 22.2 Å². The molecule has 0 saturated heterocycles. The summed E-state index contributed by atoms with van der Waals surface area (Å²) in [5.74, 6) is -1.13. The quantitative estimate of drug-likeness (QED) is 0.397. The first-order valence-electron chi connectivity index (χ1n) is 8.73. The summed E-state index contributed by atoms with van der Waals surface area (Å²) in [4.78, 5) is 25.6. The van der Waals surface area contributed by atoms with E-state index in [-0.39, 0.29) is 29.0 Å². The summed E-state index contributed by atoms with van der Waals surface area (Å²) in [6.07, 6.45) is 1.66. The molecular formula is C22H16ClNO4. The van der Waals surface area contributed by atoms with E-state index in [1.807, 2.05) is 30.3 Å². The van der Waals surface area contributed by atoms with Gasteiger partial charge in [0.25, 0.3) is 0 Å². The molecule has 0 fully saturated rings. The molecule has 2 heterocycles. The molecule has 0 atom stereocenters. The molecule has 0 aliphatic rings. The second kappa shape index (κ2) is 7.02. The Hall–Kier alpha value is -3.31. The number of rotatable bonds is 4. The largest absolute Gasteiger partial charge is 0.507 e. The van der Waals surface area contributed by atoms with Crippen molar-refractivity contribution in [2.75, 3.05) is 6.61 Å². The van der Waals surface area contributed by atoms with Crippen molar-refractivity contribution < 1.29 is 19.4 Å². The van der Waals surface area contributed by atoms with Gasteiger partial charge in [0.15, 0.2) is 5.78 Å². The van der Waals surface area contributed by atoms with E-state index in [1.54, 1.807) is 17.5 Å². The number of phenols is 1. The van der Waals surface area contributed by atoms with Crippen LogP contribution in [0.2, 0.25) is 5.02 Å². The summed E-state index contributed by atoms with van der Waals surface area (Å²) in [6.45, 7) is 1.95. The zero-order valence-corrected chi connectivity index (χ0v) is 15.7. The highest BCUT2D eigenvalue weighted by Gasteiger charge is 2.21. The Balaban J connectivity index is 1.98. The Kier molecular flexibility index (Phi) is 4.53. The summed E-state index contributed by atoms with van der Waals surface area (Å²) in [7, 11) is 0. The molecule has 4 aromatic rings. The lowest BCUT2D eigenvalue weighted by Crippen LogP contribution is -2.10. The molecule has 5 nitrogen and oxygen atoms in total. The molecule has 2 aromatic carbocycles. The molecule has 0 amide bonds. The molecule has 1 N–H and O–H groups in total. The van der Waals surface area contributed by atoms with Crippen LogP contribution in [0.4, 0.5) is 0 Å². The molecule has 2 aromatic heterocycles. The van der Waals surface area contributed by atoms with Crippen molar-refractivity contribution in [3.8, 4) is 5.75 Å². The van der Waals surface area contributed by atoms with Crippen molar-refractivity contribution in [1.82, 2.24) is 4.40 Å². The maximum absolute atomic E-state index is 13.1. The van der Waals surface area contributed by atoms with Crippen LogP contribution in [0, 0.1) is 0 Å². The topological polar surface area (TPSA) is 68.0 Å². The van der Waals surface area contributed by atoms with Crippen molar-refractivity contribution in [1.29, 1.82) is 0 Å². The van der Waals surface area contributed by atoms with Crippen LogP contribution in [0.3, 0.4) is 0 Å². The monoisotopic (exact) mass is 393 g/mol. The molecule has 0 aliphatic carbocycles. The second-order valence-electron chi connectivity index (χ2n) is 6.31. The van der Waals surface area contributed by atoms with Crippen LogP contribution in [-0.4, -0.2) is 27.9 Å². The van der Waals surface area contributed by atoms with Gasteiger partial charge in [0.1, 0.15) is 5.75 Å². The third-order valence-corrected chi connectivity index (χ3v) is 4.79. The normalized spacial score (nSPS) is 11.1. The van der Waals surface area contributed by atoms with Gasteiger partial charge in [-0.3, -0.25) is 4.79 Å². The minimum atomic E-state index is -0.514. The van der Waals surface area contributed by atoms with Gasteiger partial charge in [0.2, 0.25) is 0 Å². The van der Waals surface area contributed by atoms with Gasteiger partial charge < -0.3 is 14.2 Å². The Bertz CT molecular complexity index is 1240. The number of aromatic hydroxyl groups is 1. The highest BCUT2D eigenvalue weighted by Crippen LogP contribution is 2.28. The summed E-state index contributed by atoms with van der Waals surface area (Å²) >= 11 is 5.98. The zero-order chi connectivity index (χ0) is 19.8. The van der Waals surface area contributed by atoms with Crippen LogP contribution in [-0.2, 0) is 4.74 Å². The molecule has 28 heavy (non-hydrogen) atoms. The number of aromatic nitrogens is 1. The molecule has 4 rings (SSSR count). The highest BCUT2D eigenvalue weighted by atomic mass is 35.5. The van der Waals surface area contributed by atoms with Gasteiger partial charge in [-0.1, -0.05) is 29.8 Å². The van der Waals surface area contributed by atoms with E-state index in [9.17, 15) is 14.7 Å². The van der Waals surface area contributed by atoms with Crippen molar-refractivity contribution in [2.24, 2.45) is 0 Å². The molecule has 0 unspecified atom stereocenters. The van der Waals surface area contributed by atoms with Gasteiger partial charge in [-0.05, 0) is 43.3 Å². The Morgan fingerprint density at radius 1 is 1.04 bits per heavy atom. The fourth-order valence-corrected chi connectivity index (χ4v) is 3.44. The van der Waals surface area contributed by atoms with Crippen molar-refractivity contribution in [2.45, 2.75) is 6.92 Å². The van der Waals surface area contributed by atoms with Gasteiger partial charge in [-0.15, -0.1) is 0 Å². The maximum Gasteiger partial charge on any atom is 0.340 e. The van der Waals surface area contributed by atoms with Crippen LogP contribution in [0.25, 0.3) is 16.4 Å². The first-order valence-corrected chi connectivity index (χ1v) is 9.11. The third kappa shape index (κ3) is 3.00. The number of hydrogen-bond acceptors (Lipinski definition) is 4. The van der Waals surface area contributed by atoms with E-state index in [1.165, 1.54) is 24.3 Å². The summed E-state index contributed by atoms with van der Waals surface area (Å²) in [5, 5.41) is 11.4. The molecule has 0 radical (unpaired) electrons. The van der Waals surface area contributed by atoms with Gasteiger partial charge >= 0.3 is 5.97 Å². The number of pyridine rings is 1. The fourth-order valence-electron chi connectivity index (χ4n) is 3.27. The third-order valence-electron chi connectivity index (χ3n) is 4.55. The minimum absolute atomic E-state index is 0.0677. The van der Waals surface area contributed by atoms with Crippen molar-refractivity contribution >= 4 is 39.8 Å². The lowest BCUT2D eigenvalue weighted by molar-refractivity contribution is 0.0528. The predicted molar refractivity (Wildman–Crippen MR) is 107 cm³/mol. The molecule has 140 valence electrons. The van der Waals surface area contributed by atoms with Crippen LogP contribution < -0.4 is 0 Å². The van der Waals surface area contributed by atoms with E-state index in [4.69, 9.17) is 16.3 Å². The summed E-state index contributed by atoms with van der Waals surface area (Å²) in [6, 6.07) is 15.3. The number of carbonyl (C=O) groups is 2. The number of para-hydroxylation sites is 1. The van der Waals surface area contributed by atoms with E-state index in [0.29, 0.717) is 10.5 Å². The Morgan fingerprint density at radius 3 is 2.61 bits per heavy atom. The fraction of sp³-hybridized carbons (Fsp3) is 0.0909. The summed E-state index contributed by atoms with van der Waals surface area (Å²) in [5.41, 5.74) is 2.09. The predicted octanol–water partition coefficient (Wildman–Crippen LogP) is 4.86. The lowest BCUT2D eigenvalue weighted by Gasteiger charge is -2.10. The molecule has 0 aliphatic heterocycles. The van der Waals surface area contributed by atoms with Crippen LogP contribution in [0.1, 0.15) is 33.2 Å². The standard InChI is InChI=1S/C22H16ClNO4/c1-2-28-22(27)16-9-14(21(26)17-11-15(23)7-8-20(17)25)12-24-18-6-4-3-5-13(18)10-19(16)24/h3-12,25H,2H2,1H3. The Labute approximate surface area is 165 Å². The van der Waals surface area contributed by atoms with Gasteiger partial charge in [-0.25, -0.2) is 4.79 Å². The highest BCUT2D eigenvalue weighted by molar-refractivity contribution is 6.31. The molecule has 0 saturated carbocycles. The number of nitrogens with zero attached hydrogens (tertiary/aromatic N) is 1. The number of ether oxygens (including phenoxy) is 1. The number of ketones is 1. The molecule has 0 spiro atoms. The molecular weight excluding hydrogens is 378 g/mol.